The Balaban J connectivity index is 2.85. The molecule has 2 amide bonds. The van der Waals surface area contributed by atoms with Crippen molar-refractivity contribution in [1.82, 2.24) is 4.81 Å². The second kappa shape index (κ2) is 3.20. The first kappa shape index (κ1) is 10.4. The number of carbonyl (C=O) groups is 2. The van der Waals surface area contributed by atoms with Gasteiger partial charge in [0.05, 0.1) is 13.7 Å². The molecule has 0 aromatic carbocycles. The third-order valence-corrected chi connectivity index (χ3v) is 2.61. The minimum Gasteiger partial charge on any atom is -0.341 e. The summed E-state index contributed by atoms with van der Waals surface area (Å²) in [5, 5.41) is 0. The molecule has 0 aromatic heterocycles. The topological polar surface area (TPSA) is 37.4 Å². The lowest BCUT2D eigenvalue weighted by molar-refractivity contribution is -0.134. The summed E-state index contributed by atoms with van der Waals surface area (Å²) < 4.78 is 0. The molecule has 0 saturated carbocycles. The molecule has 0 spiro atoms. The van der Waals surface area contributed by atoms with Crippen molar-refractivity contribution in [3.63, 3.8) is 0 Å². The highest BCUT2D eigenvalue weighted by Gasteiger charge is 2.43. The van der Waals surface area contributed by atoms with Crippen LogP contribution in [0.3, 0.4) is 0 Å². The van der Waals surface area contributed by atoms with E-state index in [1.807, 2.05) is 28.5 Å². The summed E-state index contributed by atoms with van der Waals surface area (Å²) in [6.45, 7) is 6.01. The average Bonchev–Trinajstić information content (AvgIpc) is 2.25. The van der Waals surface area contributed by atoms with Crippen LogP contribution in [-0.2, 0) is 9.59 Å². The van der Waals surface area contributed by atoms with Crippen LogP contribution < -0.4 is 0 Å². The Bertz CT molecular complexity index is 247. The number of imide groups is 1. The van der Waals surface area contributed by atoms with Gasteiger partial charge in [0, 0.05) is 6.42 Å². The van der Waals surface area contributed by atoms with E-state index in [4.69, 9.17) is 0 Å². The Morgan fingerprint density at radius 1 is 1.46 bits per heavy atom. The van der Waals surface area contributed by atoms with E-state index in [2.05, 4.69) is 0 Å². The first-order valence-electron chi connectivity index (χ1n) is 4.72. The van der Waals surface area contributed by atoms with Crippen LogP contribution in [0.4, 0.5) is 0 Å². The largest absolute Gasteiger partial charge is 0.341 e. The smallest absolute Gasteiger partial charge is 0.220 e. The summed E-state index contributed by atoms with van der Waals surface area (Å²) in [6.07, 6.45) is 0.385. The van der Waals surface area contributed by atoms with E-state index < -0.39 is 0 Å². The molecule has 70 valence electrons. The molecule has 0 radical (unpaired) electrons. The monoisotopic (exact) mass is 179 g/mol. The summed E-state index contributed by atoms with van der Waals surface area (Å²) in [5.41, 5.74) is -0.101. The first-order chi connectivity index (χ1) is 5.88. The SMILES string of the molecule is BBN1C(=O)CC(C(C)(C)C)C1=O. The highest BCUT2D eigenvalue weighted by atomic mass is 16.2. The number of carbonyl (C=O) groups excluding carboxylic acids is 2. The van der Waals surface area contributed by atoms with Gasteiger partial charge in [-0.2, -0.15) is 0 Å². The van der Waals surface area contributed by atoms with E-state index in [9.17, 15) is 9.59 Å². The lowest BCUT2D eigenvalue weighted by atomic mass is 9.65. The van der Waals surface area contributed by atoms with E-state index in [0.717, 1.165) is 0 Å². The fraction of sp³-hybridized carbons (Fsp3) is 0.750. The van der Waals surface area contributed by atoms with Crippen molar-refractivity contribution in [2.45, 2.75) is 27.2 Å². The van der Waals surface area contributed by atoms with E-state index >= 15 is 0 Å². The molecule has 1 rings (SSSR count). The van der Waals surface area contributed by atoms with E-state index in [-0.39, 0.29) is 23.1 Å². The van der Waals surface area contributed by atoms with Crippen LogP contribution >= 0.6 is 0 Å². The van der Waals surface area contributed by atoms with Crippen LogP contribution in [0, 0.1) is 11.3 Å². The second-order valence-electron chi connectivity index (χ2n) is 4.60. The number of rotatable bonds is 1. The molecular weight excluding hydrogens is 164 g/mol. The minimum absolute atomic E-state index is 0.000000000000000444. The molecule has 13 heavy (non-hydrogen) atoms. The van der Waals surface area contributed by atoms with Crippen molar-refractivity contribution in [2.75, 3.05) is 0 Å². The zero-order valence-corrected chi connectivity index (χ0v) is 8.76. The van der Waals surface area contributed by atoms with Gasteiger partial charge in [-0.05, 0) is 5.41 Å². The fourth-order valence-electron chi connectivity index (χ4n) is 1.69. The van der Waals surface area contributed by atoms with Crippen LogP contribution in [0.25, 0.3) is 0 Å². The Hall–Kier alpha value is -0.730. The van der Waals surface area contributed by atoms with Crippen molar-refractivity contribution in [1.29, 1.82) is 0 Å². The molecule has 1 aliphatic heterocycles. The Kier molecular flexibility index (Phi) is 2.55. The summed E-state index contributed by atoms with van der Waals surface area (Å²) in [4.78, 5) is 24.4. The number of nitrogens with zero attached hydrogens (tertiary/aromatic N) is 1. The molecule has 1 fully saturated rings. The molecule has 0 bridgehead atoms. The maximum Gasteiger partial charge on any atom is 0.220 e. The van der Waals surface area contributed by atoms with Gasteiger partial charge in [0.2, 0.25) is 19.1 Å². The third kappa shape index (κ3) is 1.79. The molecule has 3 nitrogen and oxygen atoms in total. The van der Waals surface area contributed by atoms with Gasteiger partial charge in [0.25, 0.3) is 0 Å². The molecule has 1 heterocycles. The Labute approximate surface area is 80.5 Å². The van der Waals surface area contributed by atoms with Gasteiger partial charge in [-0.25, -0.2) is 0 Å². The number of hydrogen-bond donors (Lipinski definition) is 0. The molecule has 1 unspecified atom stereocenters. The zero-order chi connectivity index (χ0) is 10.2. The van der Waals surface area contributed by atoms with Gasteiger partial charge in [0.15, 0.2) is 0 Å². The van der Waals surface area contributed by atoms with E-state index in [1.54, 1.807) is 0 Å². The predicted molar refractivity (Wildman–Crippen MR) is 55.1 cm³/mol. The molecule has 0 aliphatic carbocycles. The highest BCUT2D eigenvalue weighted by Crippen LogP contribution is 2.34. The van der Waals surface area contributed by atoms with Crippen LogP contribution in [-0.4, -0.2) is 31.7 Å². The Morgan fingerprint density at radius 3 is 2.23 bits per heavy atom. The molecule has 0 aromatic rings. The normalized spacial score (nSPS) is 23.9. The molecule has 1 saturated heterocycles. The first-order valence-corrected chi connectivity index (χ1v) is 4.72. The summed E-state index contributed by atoms with van der Waals surface area (Å²) in [7, 11) is 2.34. The third-order valence-electron chi connectivity index (χ3n) is 2.61. The summed E-state index contributed by atoms with van der Waals surface area (Å²) >= 11 is 0. The van der Waals surface area contributed by atoms with Crippen LogP contribution in [0.15, 0.2) is 0 Å². The number of hydrogen-bond acceptors (Lipinski definition) is 2. The lowest BCUT2D eigenvalue weighted by Gasteiger charge is -2.24. The van der Waals surface area contributed by atoms with Crippen molar-refractivity contribution < 1.29 is 9.59 Å². The van der Waals surface area contributed by atoms with Gasteiger partial charge in [0.1, 0.15) is 0 Å². The van der Waals surface area contributed by atoms with Gasteiger partial charge < -0.3 is 4.81 Å². The molecule has 1 atom stereocenters. The second-order valence-corrected chi connectivity index (χ2v) is 4.60. The van der Waals surface area contributed by atoms with Crippen molar-refractivity contribution >= 4 is 26.9 Å². The van der Waals surface area contributed by atoms with Crippen LogP contribution in [0.5, 0.6) is 0 Å². The van der Waals surface area contributed by atoms with E-state index in [1.165, 1.54) is 4.81 Å². The fourth-order valence-corrected chi connectivity index (χ4v) is 1.69. The van der Waals surface area contributed by atoms with Crippen LogP contribution in [0.1, 0.15) is 27.2 Å². The maximum atomic E-state index is 11.7. The summed E-state index contributed by atoms with van der Waals surface area (Å²) in [5.74, 6) is -0.146. The highest BCUT2D eigenvalue weighted by molar-refractivity contribution is 6.90. The molecule has 0 N–H and O–H groups in total. The van der Waals surface area contributed by atoms with Crippen molar-refractivity contribution in [3.05, 3.63) is 0 Å². The lowest BCUT2D eigenvalue weighted by Crippen LogP contribution is -2.36. The quantitative estimate of drug-likeness (QED) is 0.394. The minimum atomic E-state index is -0.125. The predicted octanol–water partition coefficient (Wildman–Crippen LogP) is -0.693. The van der Waals surface area contributed by atoms with Gasteiger partial charge in [-0.1, -0.05) is 20.8 Å². The van der Waals surface area contributed by atoms with E-state index in [0.29, 0.717) is 13.7 Å². The van der Waals surface area contributed by atoms with Crippen molar-refractivity contribution in [3.8, 4) is 0 Å². The summed E-state index contributed by atoms with van der Waals surface area (Å²) in [6, 6.07) is 0. The van der Waals surface area contributed by atoms with Gasteiger partial charge in [-0.3, -0.25) is 9.59 Å². The maximum absolute atomic E-state index is 11.7. The van der Waals surface area contributed by atoms with Gasteiger partial charge >= 0.3 is 0 Å². The molecule has 1 aliphatic rings. The molecular formula is C8H15B2NO2. The Morgan fingerprint density at radius 2 is 2.00 bits per heavy atom. The molecule has 5 heteroatoms. The van der Waals surface area contributed by atoms with Crippen molar-refractivity contribution in [2.24, 2.45) is 11.3 Å². The average molecular weight is 179 g/mol. The number of amides is 2. The zero-order valence-electron chi connectivity index (χ0n) is 8.76. The van der Waals surface area contributed by atoms with Crippen LogP contribution in [0.2, 0.25) is 0 Å². The standard InChI is InChI=1S/C8H15B2NO2/c1-8(2,3)5-4-6(12)11(10-9)7(5)13/h5,10H,4,9H2,1-3H3. The van der Waals surface area contributed by atoms with Gasteiger partial charge in [-0.15, -0.1) is 0 Å².